The maximum Gasteiger partial charge on any atom is 0.253 e. The first-order valence-corrected chi connectivity index (χ1v) is 7.69. The molecule has 0 saturated heterocycles. The van der Waals surface area contributed by atoms with Crippen molar-refractivity contribution in [1.29, 1.82) is 0 Å². The van der Waals surface area contributed by atoms with Crippen molar-refractivity contribution in [2.75, 3.05) is 12.4 Å². The average molecular weight is 309 g/mol. The quantitative estimate of drug-likeness (QED) is 0.923. The summed E-state index contributed by atoms with van der Waals surface area (Å²) in [6.45, 7) is 0.507. The van der Waals surface area contributed by atoms with Crippen LogP contribution >= 0.6 is 0 Å². The first kappa shape index (κ1) is 15.2. The molecule has 1 heterocycles. The van der Waals surface area contributed by atoms with Crippen LogP contribution in [0.3, 0.4) is 0 Å². The number of carbonyl (C=O) groups excluding carboxylic acids is 2. The molecule has 1 fully saturated rings. The van der Waals surface area contributed by atoms with Crippen LogP contribution in [0.2, 0.25) is 0 Å². The Hall–Kier alpha value is -2.69. The van der Waals surface area contributed by atoms with E-state index in [4.69, 9.17) is 0 Å². The molecule has 0 atom stereocenters. The van der Waals surface area contributed by atoms with E-state index >= 15 is 0 Å². The Morgan fingerprint density at radius 1 is 1.22 bits per heavy atom. The van der Waals surface area contributed by atoms with E-state index in [1.54, 1.807) is 48.6 Å². The average Bonchev–Trinajstić information content (AvgIpc) is 3.41. The number of anilines is 1. The molecule has 0 radical (unpaired) electrons. The molecule has 3 rings (SSSR count). The number of aromatic nitrogens is 1. The van der Waals surface area contributed by atoms with Crippen LogP contribution in [0.4, 0.5) is 5.69 Å². The summed E-state index contributed by atoms with van der Waals surface area (Å²) < 4.78 is 0. The van der Waals surface area contributed by atoms with Gasteiger partial charge in [-0.1, -0.05) is 6.07 Å². The fourth-order valence-electron chi connectivity index (χ4n) is 2.34. The van der Waals surface area contributed by atoms with Gasteiger partial charge in [0.25, 0.3) is 5.91 Å². The van der Waals surface area contributed by atoms with Crippen molar-refractivity contribution in [3.63, 3.8) is 0 Å². The fraction of sp³-hybridized carbons (Fsp3) is 0.278. The molecule has 5 heteroatoms. The minimum absolute atomic E-state index is 0.0612. The molecule has 118 valence electrons. The monoisotopic (exact) mass is 309 g/mol. The van der Waals surface area contributed by atoms with Gasteiger partial charge in [-0.05, 0) is 48.7 Å². The van der Waals surface area contributed by atoms with E-state index in [9.17, 15) is 9.59 Å². The van der Waals surface area contributed by atoms with Gasteiger partial charge in [0.05, 0.1) is 0 Å². The van der Waals surface area contributed by atoms with E-state index in [-0.39, 0.29) is 17.7 Å². The number of benzene rings is 1. The van der Waals surface area contributed by atoms with Crippen LogP contribution in [0.25, 0.3) is 0 Å². The zero-order valence-corrected chi connectivity index (χ0v) is 13.0. The van der Waals surface area contributed by atoms with Gasteiger partial charge >= 0.3 is 0 Å². The minimum Gasteiger partial charge on any atom is -0.337 e. The molecule has 1 N–H and O–H groups in total. The van der Waals surface area contributed by atoms with Crippen LogP contribution in [0.5, 0.6) is 0 Å². The van der Waals surface area contributed by atoms with Gasteiger partial charge in [-0.25, -0.2) is 0 Å². The fourth-order valence-corrected chi connectivity index (χ4v) is 2.34. The summed E-state index contributed by atoms with van der Waals surface area (Å²) in [5.74, 6) is 0.175. The second kappa shape index (κ2) is 6.60. The topological polar surface area (TPSA) is 62.3 Å². The van der Waals surface area contributed by atoms with Gasteiger partial charge in [0.2, 0.25) is 5.91 Å². The SMILES string of the molecule is CN(Cc1cccnc1)C(=O)c1ccc(NC(=O)C2CC2)cc1. The molecule has 23 heavy (non-hydrogen) atoms. The molecule has 0 unspecified atom stereocenters. The highest BCUT2D eigenvalue weighted by Gasteiger charge is 2.29. The van der Waals surface area contributed by atoms with E-state index in [0.29, 0.717) is 12.1 Å². The zero-order valence-electron chi connectivity index (χ0n) is 13.0. The number of nitrogens with zero attached hydrogens (tertiary/aromatic N) is 2. The molecule has 0 aliphatic heterocycles. The summed E-state index contributed by atoms with van der Waals surface area (Å²) in [6, 6.07) is 10.8. The highest BCUT2D eigenvalue weighted by atomic mass is 16.2. The van der Waals surface area contributed by atoms with Crippen molar-refractivity contribution < 1.29 is 9.59 Å². The molecule has 1 aliphatic carbocycles. The molecule has 5 nitrogen and oxygen atoms in total. The van der Waals surface area contributed by atoms with Crippen LogP contribution in [-0.2, 0) is 11.3 Å². The summed E-state index contributed by atoms with van der Waals surface area (Å²) >= 11 is 0. The maximum atomic E-state index is 12.4. The van der Waals surface area contributed by atoms with Gasteiger partial charge in [0.1, 0.15) is 0 Å². The van der Waals surface area contributed by atoms with Gasteiger partial charge in [-0.3, -0.25) is 14.6 Å². The smallest absolute Gasteiger partial charge is 0.253 e. The summed E-state index contributed by atoms with van der Waals surface area (Å²) in [7, 11) is 1.76. The molecular weight excluding hydrogens is 290 g/mol. The van der Waals surface area contributed by atoms with Gasteiger partial charge in [0, 0.05) is 43.2 Å². The van der Waals surface area contributed by atoms with Gasteiger partial charge in [0.15, 0.2) is 0 Å². The van der Waals surface area contributed by atoms with E-state index in [2.05, 4.69) is 10.3 Å². The molecule has 1 aliphatic rings. The third kappa shape index (κ3) is 3.94. The summed E-state index contributed by atoms with van der Waals surface area (Å²) in [6.07, 6.45) is 5.41. The van der Waals surface area contributed by atoms with Crippen molar-refractivity contribution >= 4 is 17.5 Å². The standard InChI is InChI=1S/C18H19N3O2/c1-21(12-13-3-2-10-19-11-13)18(23)15-6-8-16(9-7-15)20-17(22)14-4-5-14/h2-3,6-11,14H,4-5,12H2,1H3,(H,20,22). The van der Waals surface area contributed by atoms with Crippen LogP contribution in [0.1, 0.15) is 28.8 Å². The molecule has 0 bridgehead atoms. The van der Waals surface area contributed by atoms with Crippen molar-refractivity contribution in [3.8, 4) is 0 Å². The number of hydrogen-bond acceptors (Lipinski definition) is 3. The van der Waals surface area contributed by atoms with E-state index in [1.165, 1.54) is 0 Å². The zero-order chi connectivity index (χ0) is 16.2. The van der Waals surface area contributed by atoms with Crippen molar-refractivity contribution in [2.24, 2.45) is 5.92 Å². The number of pyridine rings is 1. The largest absolute Gasteiger partial charge is 0.337 e. The second-order valence-corrected chi connectivity index (χ2v) is 5.86. The predicted molar refractivity (Wildman–Crippen MR) is 87.8 cm³/mol. The lowest BCUT2D eigenvalue weighted by molar-refractivity contribution is -0.117. The van der Waals surface area contributed by atoms with Crippen molar-refractivity contribution in [3.05, 3.63) is 59.9 Å². The third-order valence-corrected chi connectivity index (χ3v) is 3.84. The number of amides is 2. The highest BCUT2D eigenvalue weighted by molar-refractivity contribution is 5.96. The van der Waals surface area contributed by atoms with Crippen molar-refractivity contribution in [1.82, 2.24) is 9.88 Å². The van der Waals surface area contributed by atoms with Gasteiger partial charge in [-0.15, -0.1) is 0 Å². The summed E-state index contributed by atoms with van der Waals surface area (Å²) in [4.78, 5) is 29.8. The normalized spacial score (nSPS) is 13.4. The number of rotatable bonds is 5. The summed E-state index contributed by atoms with van der Waals surface area (Å²) in [5, 5.41) is 2.87. The minimum atomic E-state index is -0.0612. The first-order valence-electron chi connectivity index (χ1n) is 7.69. The van der Waals surface area contributed by atoms with E-state index in [0.717, 1.165) is 24.1 Å². The lowest BCUT2D eigenvalue weighted by Gasteiger charge is -2.17. The van der Waals surface area contributed by atoms with E-state index < -0.39 is 0 Å². The second-order valence-electron chi connectivity index (χ2n) is 5.86. The maximum absolute atomic E-state index is 12.4. The number of hydrogen-bond donors (Lipinski definition) is 1. The van der Waals surface area contributed by atoms with Crippen LogP contribution in [0, 0.1) is 5.92 Å². The Morgan fingerprint density at radius 3 is 2.57 bits per heavy atom. The highest BCUT2D eigenvalue weighted by Crippen LogP contribution is 2.30. The molecule has 2 amide bonds. The molecule has 1 saturated carbocycles. The Balaban J connectivity index is 1.61. The molecule has 2 aromatic rings. The molecule has 0 spiro atoms. The van der Waals surface area contributed by atoms with Gasteiger partial charge in [-0.2, -0.15) is 0 Å². The Bertz CT molecular complexity index is 694. The molecule has 1 aromatic carbocycles. The Labute approximate surface area is 135 Å². The van der Waals surface area contributed by atoms with Crippen LogP contribution < -0.4 is 5.32 Å². The molecule has 1 aromatic heterocycles. The summed E-state index contributed by atoms with van der Waals surface area (Å²) in [5.41, 5.74) is 2.31. The predicted octanol–water partition coefficient (Wildman–Crippen LogP) is 2.70. The number of carbonyl (C=O) groups is 2. The molecular formula is C18H19N3O2. The lowest BCUT2D eigenvalue weighted by atomic mass is 10.1. The number of nitrogens with one attached hydrogen (secondary N) is 1. The lowest BCUT2D eigenvalue weighted by Crippen LogP contribution is -2.26. The van der Waals surface area contributed by atoms with Crippen LogP contribution in [0.15, 0.2) is 48.8 Å². The van der Waals surface area contributed by atoms with Gasteiger partial charge < -0.3 is 10.2 Å². The Kier molecular flexibility index (Phi) is 4.37. The van der Waals surface area contributed by atoms with Crippen molar-refractivity contribution in [2.45, 2.75) is 19.4 Å². The van der Waals surface area contributed by atoms with Crippen LogP contribution in [-0.4, -0.2) is 28.7 Å². The third-order valence-electron chi connectivity index (χ3n) is 3.84. The van der Waals surface area contributed by atoms with E-state index in [1.807, 2.05) is 12.1 Å². The Morgan fingerprint density at radius 2 is 1.96 bits per heavy atom. The first-order chi connectivity index (χ1) is 11.1.